The van der Waals surface area contributed by atoms with Gasteiger partial charge in [0.2, 0.25) is 0 Å². The first-order chi connectivity index (χ1) is 10.3. The van der Waals surface area contributed by atoms with Gasteiger partial charge >= 0.3 is 6.09 Å². The summed E-state index contributed by atoms with van der Waals surface area (Å²) in [6.07, 6.45) is 2.59. The fraction of sp³-hybridized carbons (Fsp3) is 0.625. The van der Waals surface area contributed by atoms with E-state index in [4.69, 9.17) is 10.5 Å². The molecule has 1 aromatic rings. The Morgan fingerprint density at radius 2 is 2.18 bits per heavy atom. The summed E-state index contributed by atoms with van der Waals surface area (Å²) in [5.74, 6) is 0.279. The molecule has 1 aliphatic rings. The van der Waals surface area contributed by atoms with Crippen LogP contribution in [0.15, 0.2) is 18.3 Å². The van der Waals surface area contributed by atoms with E-state index in [2.05, 4.69) is 4.98 Å². The van der Waals surface area contributed by atoms with Crippen LogP contribution in [0.3, 0.4) is 0 Å². The zero-order valence-corrected chi connectivity index (χ0v) is 13.5. The molecule has 2 rings (SSSR count). The summed E-state index contributed by atoms with van der Waals surface area (Å²) in [6, 6.07) is 3.55. The van der Waals surface area contributed by atoms with Crippen molar-refractivity contribution in [2.45, 2.75) is 51.9 Å². The van der Waals surface area contributed by atoms with Gasteiger partial charge in [-0.15, -0.1) is 0 Å². The van der Waals surface area contributed by atoms with Crippen molar-refractivity contribution in [3.8, 4) is 0 Å². The van der Waals surface area contributed by atoms with Gasteiger partial charge in [0.15, 0.2) is 0 Å². The summed E-state index contributed by atoms with van der Waals surface area (Å²) in [6.45, 7) is 6.00. The van der Waals surface area contributed by atoms with Gasteiger partial charge in [-0.2, -0.15) is 0 Å². The van der Waals surface area contributed by atoms with Crippen LogP contribution in [0.5, 0.6) is 0 Å². The first-order valence-corrected chi connectivity index (χ1v) is 7.64. The van der Waals surface area contributed by atoms with Crippen molar-refractivity contribution in [3.05, 3.63) is 24.0 Å². The largest absolute Gasteiger partial charge is 0.443 e. The number of aliphatic hydroxyl groups is 1. The highest BCUT2D eigenvalue weighted by Crippen LogP contribution is 2.33. The standard InChI is InChI=1S/C16H25N3O3/c1-16(2,3)22-15(21)19(10-14(20)11-4-5-11)13-7-6-12(8-17)18-9-13/h6-7,9,11,14,20H,4-5,8,10,17H2,1-3H3. The maximum atomic E-state index is 12.4. The van der Waals surface area contributed by atoms with Gasteiger partial charge in [-0.25, -0.2) is 4.79 Å². The number of pyridine rings is 1. The number of hydrogen-bond donors (Lipinski definition) is 2. The average molecular weight is 307 g/mol. The van der Waals surface area contributed by atoms with Crippen molar-refractivity contribution in [1.29, 1.82) is 0 Å². The number of nitrogens with zero attached hydrogens (tertiary/aromatic N) is 2. The topological polar surface area (TPSA) is 88.7 Å². The molecule has 1 aliphatic carbocycles. The van der Waals surface area contributed by atoms with Crippen molar-refractivity contribution in [2.24, 2.45) is 11.7 Å². The second kappa shape index (κ2) is 6.62. The summed E-state index contributed by atoms with van der Waals surface area (Å²) in [4.78, 5) is 18.1. The number of carbonyl (C=O) groups is 1. The zero-order chi connectivity index (χ0) is 16.3. The molecule has 1 atom stereocenters. The van der Waals surface area contributed by atoms with Crippen LogP contribution >= 0.6 is 0 Å². The highest BCUT2D eigenvalue weighted by atomic mass is 16.6. The summed E-state index contributed by atoms with van der Waals surface area (Å²) < 4.78 is 5.44. The van der Waals surface area contributed by atoms with Crippen LogP contribution in [-0.4, -0.2) is 34.4 Å². The molecule has 1 aromatic heterocycles. The van der Waals surface area contributed by atoms with Crippen molar-refractivity contribution in [2.75, 3.05) is 11.4 Å². The van der Waals surface area contributed by atoms with Gasteiger partial charge < -0.3 is 15.6 Å². The first kappa shape index (κ1) is 16.7. The van der Waals surface area contributed by atoms with Gasteiger partial charge in [0.25, 0.3) is 0 Å². The minimum Gasteiger partial charge on any atom is -0.443 e. The van der Waals surface area contributed by atoms with Gasteiger partial charge in [-0.1, -0.05) is 0 Å². The van der Waals surface area contributed by atoms with E-state index in [9.17, 15) is 9.90 Å². The smallest absolute Gasteiger partial charge is 0.414 e. The van der Waals surface area contributed by atoms with Crippen LogP contribution in [0.1, 0.15) is 39.3 Å². The molecule has 0 aromatic carbocycles. The number of nitrogens with two attached hydrogens (primary N) is 1. The minimum absolute atomic E-state index is 0.212. The minimum atomic E-state index is -0.593. The number of hydrogen-bond acceptors (Lipinski definition) is 5. The zero-order valence-electron chi connectivity index (χ0n) is 13.5. The van der Waals surface area contributed by atoms with E-state index < -0.39 is 17.8 Å². The van der Waals surface area contributed by atoms with Gasteiger partial charge in [-0.3, -0.25) is 9.88 Å². The third-order valence-electron chi connectivity index (χ3n) is 3.48. The Morgan fingerprint density at radius 1 is 1.50 bits per heavy atom. The molecule has 1 amide bonds. The lowest BCUT2D eigenvalue weighted by molar-refractivity contribution is 0.0549. The molecule has 0 bridgehead atoms. The second-order valence-corrected chi connectivity index (χ2v) is 6.71. The number of amides is 1. The highest BCUT2D eigenvalue weighted by Gasteiger charge is 2.33. The maximum absolute atomic E-state index is 12.4. The number of carbonyl (C=O) groups excluding carboxylic acids is 1. The molecule has 122 valence electrons. The predicted octanol–water partition coefficient (Wildman–Crippen LogP) is 2.05. The summed E-state index contributed by atoms with van der Waals surface area (Å²) in [5.41, 5.74) is 6.30. The third-order valence-corrected chi connectivity index (χ3v) is 3.48. The monoisotopic (exact) mass is 307 g/mol. The lowest BCUT2D eigenvalue weighted by atomic mass is 10.2. The van der Waals surface area contributed by atoms with Gasteiger partial charge in [-0.05, 0) is 51.7 Å². The Bertz CT molecular complexity index is 506. The molecule has 0 saturated heterocycles. The predicted molar refractivity (Wildman–Crippen MR) is 84.4 cm³/mol. The molecular weight excluding hydrogens is 282 g/mol. The second-order valence-electron chi connectivity index (χ2n) is 6.71. The Labute approximate surface area is 131 Å². The molecule has 22 heavy (non-hydrogen) atoms. The van der Waals surface area contributed by atoms with E-state index in [0.29, 0.717) is 12.2 Å². The normalized spacial score (nSPS) is 16.2. The number of ether oxygens (including phenoxy) is 1. The van der Waals surface area contributed by atoms with Crippen LogP contribution in [0.2, 0.25) is 0 Å². The molecule has 1 fully saturated rings. The maximum Gasteiger partial charge on any atom is 0.414 e. The van der Waals surface area contributed by atoms with E-state index in [1.807, 2.05) is 20.8 Å². The molecule has 6 heteroatoms. The lowest BCUT2D eigenvalue weighted by Crippen LogP contribution is -2.41. The van der Waals surface area contributed by atoms with Crippen LogP contribution in [-0.2, 0) is 11.3 Å². The van der Waals surface area contributed by atoms with Crippen molar-refractivity contribution in [3.63, 3.8) is 0 Å². The molecular formula is C16H25N3O3. The summed E-state index contributed by atoms with van der Waals surface area (Å²) >= 11 is 0. The molecule has 0 spiro atoms. The Hall–Kier alpha value is -1.66. The van der Waals surface area contributed by atoms with E-state index in [1.165, 1.54) is 4.90 Å². The lowest BCUT2D eigenvalue weighted by Gasteiger charge is -2.28. The third kappa shape index (κ3) is 4.68. The average Bonchev–Trinajstić information content (AvgIpc) is 3.27. The number of rotatable bonds is 5. The van der Waals surface area contributed by atoms with Crippen LogP contribution in [0.25, 0.3) is 0 Å². The summed E-state index contributed by atoms with van der Waals surface area (Å²) in [5, 5.41) is 10.2. The van der Waals surface area contributed by atoms with E-state index >= 15 is 0 Å². The first-order valence-electron chi connectivity index (χ1n) is 7.64. The number of aliphatic hydroxyl groups excluding tert-OH is 1. The van der Waals surface area contributed by atoms with Crippen molar-refractivity contribution in [1.82, 2.24) is 4.98 Å². The molecule has 1 unspecified atom stereocenters. The van der Waals surface area contributed by atoms with E-state index in [-0.39, 0.29) is 12.5 Å². The van der Waals surface area contributed by atoms with E-state index in [1.54, 1.807) is 18.3 Å². The Balaban J connectivity index is 2.16. The molecule has 1 saturated carbocycles. The van der Waals surface area contributed by atoms with Crippen molar-refractivity contribution < 1.29 is 14.6 Å². The van der Waals surface area contributed by atoms with Crippen LogP contribution in [0, 0.1) is 5.92 Å². The van der Waals surface area contributed by atoms with Gasteiger partial charge in [0.1, 0.15) is 5.60 Å². The van der Waals surface area contributed by atoms with E-state index in [0.717, 1.165) is 18.5 Å². The van der Waals surface area contributed by atoms with Crippen LogP contribution in [0.4, 0.5) is 10.5 Å². The molecule has 6 nitrogen and oxygen atoms in total. The molecule has 1 heterocycles. The van der Waals surface area contributed by atoms with Gasteiger partial charge in [0.05, 0.1) is 30.2 Å². The molecule has 0 aliphatic heterocycles. The SMILES string of the molecule is CC(C)(C)OC(=O)N(CC(O)C1CC1)c1ccc(CN)nc1. The fourth-order valence-electron chi connectivity index (χ4n) is 2.12. The fourth-order valence-corrected chi connectivity index (χ4v) is 2.12. The van der Waals surface area contributed by atoms with Crippen LogP contribution < -0.4 is 10.6 Å². The number of aromatic nitrogens is 1. The Morgan fingerprint density at radius 3 is 2.64 bits per heavy atom. The van der Waals surface area contributed by atoms with Gasteiger partial charge in [0, 0.05) is 6.54 Å². The molecule has 3 N–H and O–H groups in total. The summed E-state index contributed by atoms with van der Waals surface area (Å²) in [7, 11) is 0. The van der Waals surface area contributed by atoms with Crippen molar-refractivity contribution >= 4 is 11.8 Å². The highest BCUT2D eigenvalue weighted by molar-refractivity contribution is 5.87. The Kier molecular flexibility index (Phi) is 5.03. The number of anilines is 1. The molecule has 0 radical (unpaired) electrons. The quantitative estimate of drug-likeness (QED) is 0.869.